The number of nitrogens with one attached hydrogen (secondary N) is 3. The summed E-state index contributed by atoms with van der Waals surface area (Å²) in [6.45, 7) is 6.08. The van der Waals surface area contributed by atoms with E-state index in [0.29, 0.717) is 12.8 Å². The standard InChI is InChI=1S/C18H32BN3O5/c1-6-11(7-2)14(21-10(3)23)12-8-9-13(16(24)25)15(12)22-18(27)19(4)17(26)20-5/h11-15H,6-9H2,1-5H3,(H,20,26)(H,21,23)(H,22,27)(H,24,25)/t12?,13-,14+,15-/m0/s1. The highest BCUT2D eigenvalue weighted by atomic mass is 16.4. The lowest BCUT2D eigenvalue weighted by molar-refractivity contribution is -0.142. The summed E-state index contributed by atoms with van der Waals surface area (Å²) in [6, 6.07) is -0.845. The van der Waals surface area contributed by atoms with Crippen LogP contribution in [0.15, 0.2) is 0 Å². The van der Waals surface area contributed by atoms with Crippen LogP contribution in [0.4, 0.5) is 9.59 Å². The van der Waals surface area contributed by atoms with E-state index in [9.17, 15) is 24.3 Å². The Morgan fingerprint density at radius 2 is 1.70 bits per heavy atom. The summed E-state index contributed by atoms with van der Waals surface area (Å²) in [7, 11) is 1.45. The highest BCUT2D eigenvalue weighted by Gasteiger charge is 2.47. The van der Waals surface area contributed by atoms with E-state index in [1.165, 1.54) is 20.8 Å². The van der Waals surface area contributed by atoms with Crippen molar-refractivity contribution in [3.63, 3.8) is 0 Å². The van der Waals surface area contributed by atoms with E-state index >= 15 is 0 Å². The Morgan fingerprint density at radius 3 is 2.15 bits per heavy atom. The molecular formula is C18H32BN3O5. The number of aliphatic carboxylic acids is 1. The Hall–Kier alpha value is -2.06. The van der Waals surface area contributed by atoms with Gasteiger partial charge >= 0.3 is 12.7 Å². The molecule has 1 fully saturated rings. The molecule has 0 heterocycles. The summed E-state index contributed by atoms with van der Waals surface area (Å²) in [6.07, 6.45) is 2.70. The average molecular weight is 381 g/mol. The van der Waals surface area contributed by atoms with Crippen molar-refractivity contribution in [3.8, 4) is 0 Å². The van der Waals surface area contributed by atoms with Gasteiger partial charge in [-0.1, -0.05) is 33.5 Å². The van der Waals surface area contributed by atoms with Crippen LogP contribution in [0.2, 0.25) is 6.82 Å². The first-order chi connectivity index (χ1) is 12.7. The molecule has 152 valence electrons. The van der Waals surface area contributed by atoms with Gasteiger partial charge in [0.05, 0.1) is 5.92 Å². The van der Waals surface area contributed by atoms with Gasteiger partial charge in [0.2, 0.25) is 5.91 Å². The minimum absolute atomic E-state index is 0.172. The largest absolute Gasteiger partial charge is 0.481 e. The topological polar surface area (TPSA) is 125 Å². The quantitative estimate of drug-likeness (QED) is 0.453. The summed E-state index contributed by atoms with van der Waals surface area (Å²) in [5, 5.41) is 17.8. The maximum absolute atomic E-state index is 12.5. The number of carboxylic acids is 1. The zero-order valence-electron chi connectivity index (χ0n) is 16.9. The number of amides is 3. The van der Waals surface area contributed by atoms with E-state index < -0.39 is 36.3 Å². The molecule has 0 aromatic heterocycles. The summed E-state index contributed by atoms with van der Waals surface area (Å²) in [4.78, 5) is 47.8. The number of rotatable bonds is 9. The molecule has 0 aromatic carbocycles. The third kappa shape index (κ3) is 5.71. The van der Waals surface area contributed by atoms with Crippen LogP contribution in [-0.4, -0.2) is 54.4 Å². The van der Waals surface area contributed by atoms with Gasteiger partial charge in [0, 0.05) is 32.0 Å². The molecule has 27 heavy (non-hydrogen) atoms. The average Bonchev–Trinajstić information content (AvgIpc) is 3.03. The van der Waals surface area contributed by atoms with Crippen molar-refractivity contribution < 1.29 is 24.3 Å². The van der Waals surface area contributed by atoms with Gasteiger partial charge in [0.1, 0.15) is 0 Å². The van der Waals surface area contributed by atoms with Crippen molar-refractivity contribution >= 4 is 30.2 Å². The second-order valence-corrected chi connectivity index (χ2v) is 7.36. The Balaban J connectivity index is 3.13. The third-order valence-electron chi connectivity index (χ3n) is 5.75. The fourth-order valence-electron chi connectivity index (χ4n) is 4.15. The number of hydrogen-bond acceptors (Lipinski definition) is 4. The molecule has 0 aromatic rings. The summed E-state index contributed by atoms with van der Waals surface area (Å²) >= 11 is 0. The van der Waals surface area contributed by atoms with Crippen LogP contribution in [0.3, 0.4) is 0 Å². The first-order valence-corrected chi connectivity index (χ1v) is 9.69. The number of carbonyl (C=O) groups is 4. The van der Waals surface area contributed by atoms with Gasteiger partial charge < -0.3 is 21.1 Å². The molecule has 0 bridgehead atoms. The van der Waals surface area contributed by atoms with Gasteiger partial charge in [-0.2, -0.15) is 0 Å². The Morgan fingerprint density at radius 1 is 1.11 bits per heavy atom. The normalized spacial score (nSPS) is 22.8. The van der Waals surface area contributed by atoms with Gasteiger partial charge in [-0.25, -0.2) is 0 Å². The number of hydrogen-bond donors (Lipinski definition) is 4. The second-order valence-electron chi connectivity index (χ2n) is 7.36. The lowest BCUT2D eigenvalue weighted by Crippen LogP contribution is -2.56. The predicted octanol–water partition coefficient (Wildman–Crippen LogP) is 1.74. The monoisotopic (exact) mass is 381 g/mol. The lowest BCUT2D eigenvalue weighted by atomic mass is 9.50. The molecule has 4 atom stereocenters. The molecule has 0 saturated heterocycles. The van der Waals surface area contributed by atoms with Crippen molar-refractivity contribution in [2.24, 2.45) is 17.8 Å². The molecule has 3 amide bonds. The van der Waals surface area contributed by atoms with Crippen molar-refractivity contribution in [2.75, 3.05) is 7.05 Å². The Labute approximate surface area is 161 Å². The van der Waals surface area contributed by atoms with E-state index in [1.54, 1.807) is 0 Å². The SMILES string of the molecule is CCC(CC)[C@@H](NC(C)=O)C1CC[C@H](C(=O)O)[C@H]1NC(=O)B(C)C(=O)NC. The molecule has 1 rings (SSSR count). The minimum Gasteiger partial charge on any atom is -0.481 e. The van der Waals surface area contributed by atoms with Gasteiger partial charge in [0.25, 0.3) is 0 Å². The Kier molecular flexibility index (Phi) is 8.79. The zero-order chi connectivity index (χ0) is 20.7. The van der Waals surface area contributed by atoms with Crippen molar-refractivity contribution in [1.82, 2.24) is 16.0 Å². The van der Waals surface area contributed by atoms with E-state index in [0.717, 1.165) is 12.8 Å². The molecule has 8 nitrogen and oxygen atoms in total. The fourth-order valence-corrected chi connectivity index (χ4v) is 4.15. The minimum atomic E-state index is -0.971. The summed E-state index contributed by atoms with van der Waals surface area (Å²) in [5.74, 6) is -2.81. The number of carboxylic acid groups (broad SMARTS) is 1. The highest BCUT2D eigenvalue weighted by molar-refractivity contribution is 7.10. The van der Waals surface area contributed by atoms with Gasteiger partial charge in [-0.05, 0) is 18.8 Å². The van der Waals surface area contributed by atoms with Gasteiger partial charge in [0.15, 0.2) is 11.6 Å². The van der Waals surface area contributed by atoms with Gasteiger partial charge in [-0.15, -0.1) is 0 Å². The lowest BCUT2D eigenvalue weighted by Gasteiger charge is -2.36. The molecule has 1 saturated carbocycles. The van der Waals surface area contributed by atoms with E-state index in [-0.39, 0.29) is 23.8 Å². The molecule has 0 aliphatic heterocycles. The molecule has 1 aliphatic rings. The molecular weight excluding hydrogens is 349 g/mol. The summed E-state index contributed by atoms with van der Waals surface area (Å²) < 4.78 is 0. The van der Waals surface area contributed by atoms with Crippen LogP contribution in [-0.2, 0) is 9.59 Å². The first-order valence-electron chi connectivity index (χ1n) is 9.69. The second kappa shape index (κ2) is 10.3. The molecule has 0 radical (unpaired) electrons. The maximum atomic E-state index is 12.5. The van der Waals surface area contributed by atoms with E-state index in [2.05, 4.69) is 16.0 Å². The predicted molar refractivity (Wildman–Crippen MR) is 104 cm³/mol. The van der Waals surface area contributed by atoms with Crippen LogP contribution < -0.4 is 16.0 Å². The number of carbonyl (C=O) groups excluding carboxylic acids is 3. The zero-order valence-corrected chi connectivity index (χ0v) is 16.9. The third-order valence-corrected chi connectivity index (χ3v) is 5.75. The van der Waals surface area contributed by atoms with Crippen molar-refractivity contribution in [1.29, 1.82) is 0 Å². The van der Waals surface area contributed by atoms with Crippen LogP contribution in [0.25, 0.3) is 0 Å². The molecule has 1 unspecified atom stereocenters. The maximum Gasteiger partial charge on any atom is 0.354 e. The fraction of sp³-hybridized carbons (Fsp3) is 0.778. The molecule has 4 N–H and O–H groups in total. The Bertz CT molecular complexity index is 567. The van der Waals surface area contributed by atoms with Crippen LogP contribution in [0.1, 0.15) is 46.5 Å². The first kappa shape index (κ1) is 23.0. The highest BCUT2D eigenvalue weighted by Crippen LogP contribution is 2.37. The van der Waals surface area contributed by atoms with Crippen LogP contribution in [0, 0.1) is 17.8 Å². The van der Waals surface area contributed by atoms with Gasteiger partial charge in [-0.3, -0.25) is 19.2 Å². The van der Waals surface area contributed by atoms with Crippen LogP contribution in [0.5, 0.6) is 0 Å². The van der Waals surface area contributed by atoms with E-state index in [4.69, 9.17) is 0 Å². The van der Waals surface area contributed by atoms with Crippen molar-refractivity contribution in [3.05, 3.63) is 0 Å². The van der Waals surface area contributed by atoms with E-state index in [1.807, 2.05) is 13.8 Å². The van der Waals surface area contributed by atoms with Crippen LogP contribution >= 0.6 is 0 Å². The molecule has 1 aliphatic carbocycles. The molecule has 9 heteroatoms. The van der Waals surface area contributed by atoms with Crippen molar-refractivity contribution in [2.45, 2.75) is 65.4 Å². The molecule has 0 spiro atoms. The smallest absolute Gasteiger partial charge is 0.354 e. The summed E-state index contributed by atoms with van der Waals surface area (Å²) in [5.41, 5.74) is 0.